The third-order valence-electron chi connectivity index (χ3n) is 2.23. The van der Waals surface area contributed by atoms with Crippen LogP contribution in [0, 0.1) is 5.92 Å². The Morgan fingerprint density at radius 1 is 1.50 bits per heavy atom. The Morgan fingerprint density at radius 3 is 2.58 bits per heavy atom. The summed E-state index contributed by atoms with van der Waals surface area (Å²) in [5.41, 5.74) is 0. The lowest BCUT2D eigenvalue weighted by molar-refractivity contribution is -0.117. The summed E-state index contributed by atoms with van der Waals surface area (Å²) >= 11 is 0. The average molecular weight is 190 g/mol. The lowest BCUT2D eigenvalue weighted by atomic mass is 10.0. The Hall–Kier alpha value is -0.380. The van der Waals surface area contributed by atoms with Gasteiger partial charge in [0.05, 0.1) is 11.5 Å². The molecule has 0 aliphatic carbocycles. The molecule has 1 aliphatic heterocycles. The van der Waals surface area contributed by atoms with E-state index < -0.39 is 9.84 Å². The molecule has 0 N–H and O–H groups in total. The van der Waals surface area contributed by atoms with E-state index in [1.54, 1.807) is 6.92 Å². The third-order valence-corrected chi connectivity index (χ3v) is 4.07. The predicted octanol–water partition coefficient (Wildman–Crippen LogP) is 0.790. The number of ketones is 1. The summed E-state index contributed by atoms with van der Waals surface area (Å²) in [7, 11) is -2.75. The van der Waals surface area contributed by atoms with Gasteiger partial charge in [-0.25, -0.2) is 8.42 Å². The Balaban J connectivity index is 2.34. The molecule has 1 unspecified atom stereocenters. The van der Waals surface area contributed by atoms with Crippen LogP contribution in [0.1, 0.15) is 26.2 Å². The minimum atomic E-state index is -2.75. The van der Waals surface area contributed by atoms with Gasteiger partial charge in [-0.2, -0.15) is 0 Å². The van der Waals surface area contributed by atoms with Crippen LogP contribution in [0.5, 0.6) is 0 Å². The van der Waals surface area contributed by atoms with Gasteiger partial charge in [-0.3, -0.25) is 0 Å². The van der Waals surface area contributed by atoms with Crippen LogP contribution in [-0.2, 0) is 14.6 Å². The highest BCUT2D eigenvalue weighted by Crippen LogP contribution is 2.22. The number of rotatable bonds is 3. The van der Waals surface area contributed by atoms with Gasteiger partial charge in [0.2, 0.25) is 0 Å². The first kappa shape index (κ1) is 9.71. The normalized spacial score (nSPS) is 27.2. The summed E-state index contributed by atoms with van der Waals surface area (Å²) in [6.45, 7) is 1.55. The quantitative estimate of drug-likeness (QED) is 0.661. The van der Waals surface area contributed by atoms with Crippen molar-refractivity contribution in [1.29, 1.82) is 0 Å². The molecule has 0 amide bonds. The molecule has 4 heteroatoms. The van der Waals surface area contributed by atoms with Crippen LogP contribution >= 0.6 is 0 Å². The van der Waals surface area contributed by atoms with Crippen LogP contribution in [0.4, 0.5) is 0 Å². The van der Waals surface area contributed by atoms with E-state index in [9.17, 15) is 13.2 Å². The zero-order valence-electron chi connectivity index (χ0n) is 7.25. The van der Waals surface area contributed by atoms with Gasteiger partial charge >= 0.3 is 0 Å². The van der Waals surface area contributed by atoms with Crippen LogP contribution in [0.25, 0.3) is 0 Å². The maximum Gasteiger partial charge on any atom is 0.150 e. The molecular formula is C8H14O3S. The van der Waals surface area contributed by atoms with E-state index in [1.807, 2.05) is 0 Å². The highest BCUT2D eigenvalue weighted by molar-refractivity contribution is 7.91. The van der Waals surface area contributed by atoms with Gasteiger partial charge in [0, 0.05) is 6.42 Å². The fourth-order valence-electron chi connectivity index (χ4n) is 1.51. The summed E-state index contributed by atoms with van der Waals surface area (Å²) in [6.07, 6.45) is 2.02. The van der Waals surface area contributed by atoms with Gasteiger partial charge in [-0.05, 0) is 25.7 Å². The molecule has 0 aromatic heterocycles. The maximum atomic E-state index is 11.0. The summed E-state index contributed by atoms with van der Waals surface area (Å²) in [5.74, 6) is 0.994. The van der Waals surface area contributed by atoms with Crippen molar-refractivity contribution in [3.63, 3.8) is 0 Å². The molecule has 0 aromatic rings. The maximum absolute atomic E-state index is 11.0. The van der Waals surface area contributed by atoms with E-state index in [4.69, 9.17) is 0 Å². The zero-order valence-corrected chi connectivity index (χ0v) is 8.06. The number of carbonyl (C=O) groups is 1. The Morgan fingerprint density at radius 2 is 2.17 bits per heavy atom. The molecule has 12 heavy (non-hydrogen) atoms. The van der Waals surface area contributed by atoms with Crippen LogP contribution in [0.3, 0.4) is 0 Å². The molecule has 0 aromatic carbocycles. The largest absolute Gasteiger partial charge is 0.300 e. The molecule has 1 rings (SSSR count). The predicted molar refractivity (Wildman–Crippen MR) is 46.7 cm³/mol. The van der Waals surface area contributed by atoms with E-state index in [1.165, 1.54) is 0 Å². The van der Waals surface area contributed by atoms with Gasteiger partial charge < -0.3 is 4.79 Å². The van der Waals surface area contributed by atoms with Gasteiger partial charge in [0.25, 0.3) is 0 Å². The van der Waals surface area contributed by atoms with Crippen molar-refractivity contribution in [1.82, 2.24) is 0 Å². The highest BCUT2D eigenvalue weighted by atomic mass is 32.2. The second kappa shape index (κ2) is 3.56. The molecular weight excluding hydrogens is 176 g/mol. The van der Waals surface area contributed by atoms with Crippen molar-refractivity contribution < 1.29 is 13.2 Å². The molecule has 70 valence electrons. The Bertz CT molecular complexity index is 266. The lowest BCUT2D eigenvalue weighted by Crippen LogP contribution is -2.06. The fraction of sp³-hybridized carbons (Fsp3) is 0.875. The number of hydrogen-bond acceptors (Lipinski definition) is 3. The number of Topliss-reactive ketones (excluding diaryl/α,β-unsaturated/α-hetero) is 1. The average Bonchev–Trinajstić information content (AvgIpc) is 2.26. The van der Waals surface area contributed by atoms with E-state index in [0.717, 1.165) is 12.8 Å². The minimum absolute atomic E-state index is 0.152. The van der Waals surface area contributed by atoms with Gasteiger partial charge in [-0.1, -0.05) is 0 Å². The molecule has 1 heterocycles. The molecule has 0 radical (unpaired) electrons. The van der Waals surface area contributed by atoms with Crippen molar-refractivity contribution in [3.05, 3.63) is 0 Å². The standard InChI is InChI=1S/C8H14O3S/c1-7(9)2-3-8-4-5-12(10,11)6-8/h8H,2-6H2,1H3. The molecule has 0 saturated carbocycles. The molecule has 1 atom stereocenters. The van der Waals surface area contributed by atoms with Gasteiger partial charge in [-0.15, -0.1) is 0 Å². The fourth-order valence-corrected chi connectivity index (χ4v) is 3.42. The highest BCUT2D eigenvalue weighted by Gasteiger charge is 2.27. The second-order valence-corrected chi connectivity index (χ2v) is 5.74. The first-order valence-corrected chi connectivity index (χ1v) is 6.01. The van der Waals surface area contributed by atoms with Crippen molar-refractivity contribution >= 4 is 15.6 Å². The number of carbonyl (C=O) groups excluding carboxylic acids is 1. The van der Waals surface area contributed by atoms with Crippen molar-refractivity contribution in [2.75, 3.05) is 11.5 Å². The zero-order chi connectivity index (χ0) is 9.19. The van der Waals surface area contributed by atoms with Crippen LogP contribution < -0.4 is 0 Å². The van der Waals surface area contributed by atoms with E-state index in [2.05, 4.69) is 0 Å². The van der Waals surface area contributed by atoms with Crippen molar-refractivity contribution in [2.24, 2.45) is 5.92 Å². The summed E-state index contributed by atoms with van der Waals surface area (Å²) in [5, 5.41) is 0. The van der Waals surface area contributed by atoms with Crippen LogP contribution in [0.2, 0.25) is 0 Å². The van der Waals surface area contributed by atoms with Crippen LogP contribution in [0.15, 0.2) is 0 Å². The van der Waals surface area contributed by atoms with E-state index in [0.29, 0.717) is 17.9 Å². The molecule has 1 aliphatic rings. The molecule has 1 saturated heterocycles. The van der Waals surface area contributed by atoms with Crippen LogP contribution in [-0.4, -0.2) is 25.7 Å². The Kier molecular flexibility index (Phi) is 2.88. The summed E-state index contributed by atoms with van der Waals surface area (Å²) < 4.78 is 22.0. The molecule has 0 spiro atoms. The lowest BCUT2D eigenvalue weighted by Gasteiger charge is -2.03. The summed E-state index contributed by atoms with van der Waals surface area (Å²) in [4.78, 5) is 10.6. The smallest absolute Gasteiger partial charge is 0.150 e. The SMILES string of the molecule is CC(=O)CCC1CCS(=O)(=O)C1. The second-order valence-electron chi connectivity index (χ2n) is 3.51. The number of hydrogen-bond donors (Lipinski definition) is 0. The first-order chi connectivity index (χ1) is 5.49. The van der Waals surface area contributed by atoms with Gasteiger partial charge in [0.15, 0.2) is 9.84 Å². The summed E-state index contributed by atoms with van der Waals surface area (Å²) in [6, 6.07) is 0. The van der Waals surface area contributed by atoms with Crippen molar-refractivity contribution in [3.8, 4) is 0 Å². The Labute approximate surface area is 73.1 Å². The molecule has 3 nitrogen and oxygen atoms in total. The van der Waals surface area contributed by atoms with Crippen molar-refractivity contribution in [2.45, 2.75) is 26.2 Å². The van der Waals surface area contributed by atoms with E-state index >= 15 is 0 Å². The number of sulfone groups is 1. The first-order valence-electron chi connectivity index (χ1n) is 4.19. The minimum Gasteiger partial charge on any atom is -0.300 e. The van der Waals surface area contributed by atoms with Gasteiger partial charge in [0.1, 0.15) is 5.78 Å². The monoisotopic (exact) mass is 190 g/mol. The van der Waals surface area contributed by atoms with E-state index in [-0.39, 0.29) is 11.7 Å². The molecule has 1 fully saturated rings. The third kappa shape index (κ3) is 2.93. The molecule has 0 bridgehead atoms. The topological polar surface area (TPSA) is 51.2 Å².